The number of aldehydes is 1. The predicted molar refractivity (Wildman–Crippen MR) is 70.1 cm³/mol. The first-order chi connectivity index (χ1) is 9.02. The molecule has 100 valence electrons. The molecule has 1 N–H and O–H groups in total. The largest absolute Gasteiger partial charge is 0.373 e. The van der Waals surface area contributed by atoms with E-state index in [0.717, 1.165) is 5.71 Å². The molecule has 0 aromatic heterocycles. The fourth-order valence-corrected chi connectivity index (χ4v) is 2.45. The maximum atomic E-state index is 11.6. The van der Waals surface area contributed by atoms with Gasteiger partial charge in [0.25, 0.3) is 5.91 Å². The van der Waals surface area contributed by atoms with Crippen molar-refractivity contribution in [2.45, 2.75) is 23.7 Å². The van der Waals surface area contributed by atoms with Gasteiger partial charge in [0, 0.05) is 10.6 Å². The van der Waals surface area contributed by atoms with Crippen LogP contribution in [0.15, 0.2) is 34.3 Å². The van der Waals surface area contributed by atoms with E-state index in [2.05, 4.69) is 5.10 Å². The van der Waals surface area contributed by atoms with Crippen LogP contribution in [0.1, 0.15) is 13.3 Å². The van der Waals surface area contributed by atoms with Crippen molar-refractivity contribution in [3.05, 3.63) is 24.3 Å². The van der Waals surface area contributed by atoms with Crippen molar-refractivity contribution < 1.29 is 18.9 Å². The molecule has 2 unspecified atom stereocenters. The summed E-state index contributed by atoms with van der Waals surface area (Å²) >= 11 is 0. The highest BCUT2D eigenvalue weighted by atomic mass is 32.2. The van der Waals surface area contributed by atoms with E-state index in [1.54, 1.807) is 19.1 Å². The second-order valence-corrected chi connectivity index (χ2v) is 5.58. The molecule has 7 heteroatoms. The molecule has 0 aliphatic carbocycles. The minimum atomic E-state index is -1.81. The third-order valence-corrected chi connectivity index (χ3v) is 3.85. The second kappa shape index (κ2) is 5.41. The average Bonchev–Trinajstić information content (AvgIpc) is 2.76. The summed E-state index contributed by atoms with van der Waals surface area (Å²) in [5.41, 5.74) is -0.253. The van der Waals surface area contributed by atoms with Gasteiger partial charge in [-0.15, -0.1) is 0 Å². The van der Waals surface area contributed by atoms with E-state index in [1.807, 2.05) is 0 Å². The fourth-order valence-electron chi connectivity index (χ4n) is 1.67. The maximum Gasteiger partial charge on any atom is 0.253 e. The van der Waals surface area contributed by atoms with Crippen molar-refractivity contribution in [1.82, 2.24) is 0 Å². The summed E-state index contributed by atoms with van der Waals surface area (Å²) in [6, 6.07) is 6.14. The zero-order valence-corrected chi connectivity index (χ0v) is 11.0. The molecular weight excluding hydrogens is 268 g/mol. The summed E-state index contributed by atoms with van der Waals surface area (Å²) in [6.07, 6.45) is 0.513. The van der Waals surface area contributed by atoms with Crippen LogP contribution in [0.25, 0.3) is 0 Å². The Morgan fingerprint density at radius 3 is 2.53 bits per heavy atom. The molecule has 1 heterocycles. The number of hydrazone groups is 1. The third-order valence-electron chi connectivity index (χ3n) is 2.56. The van der Waals surface area contributed by atoms with Gasteiger partial charge in [-0.25, -0.2) is 5.01 Å². The van der Waals surface area contributed by atoms with Crippen LogP contribution in [-0.4, -0.2) is 32.7 Å². The number of carbonyl (C=O) groups is 2. The highest BCUT2D eigenvalue weighted by Crippen LogP contribution is 2.22. The summed E-state index contributed by atoms with van der Waals surface area (Å²) in [5, 5.41) is 14.5. The Kier molecular flexibility index (Phi) is 3.87. The van der Waals surface area contributed by atoms with Crippen molar-refractivity contribution >= 4 is 34.4 Å². The molecule has 1 amide bonds. The number of hydrogen-bond donors (Lipinski definition) is 1. The molecule has 19 heavy (non-hydrogen) atoms. The normalized spacial score (nSPS) is 18.1. The molecule has 0 fully saturated rings. The Morgan fingerprint density at radius 1 is 1.42 bits per heavy atom. The molecule has 1 aromatic rings. The zero-order valence-electron chi connectivity index (χ0n) is 10.1. The highest BCUT2D eigenvalue weighted by Gasteiger charge is 2.23. The molecule has 0 radical (unpaired) electrons. The van der Waals surface area contributed by atoms with Crippen LogP contribution >= 0.6 is 0 Å². The van der Waals surface area contributed by atoms with Gasteiger partial charge in [0.1, 0.15) is 0 Å². The SMILES string of the molecule is CC1=NN(c2ccc(S(=O)C(O)C=O)cc2)C(=O)C1. The lowest BCUT2D eigenvalue weighted by Gasteiger charge is -2.12. The Bertz CT molecular complexity index is 568. The summed E-state index contributed by atoms with van der Waals surface area (Å²) in [6.45, 7) is 1.77. The number of benzene rings is 1. The van der Waals surface area contributed by atoms with Gasteiger partial charge in [-0.05, 0) is 31.2 Å². The summed E-state index contributed by atoms with van der Waals surface area (Å²) in [7, 11) is -1.81. The minimum absolute atomic E-state index is 0.126. The standard InChI is InChI=1S/C12H12N2O4S/c1-8-6-11(16)14(13-8)9-2-4-10(5-3-9)19(18)12(17)7-15/h2-5,7,12,17H,6H2,1H3. The first kappa shape index (κ1) is 13.6. The molecule has 0 spiro atoms. The van der Waals surface area contributed by atoms with Gasteiger partial charge in [-0.3, -0.25) is 13.8 Å². The number of rotatable bonds is 4. The number of aliphatic hydroxyl groups excluding tert-OH is 1. The molecule has 0 saturated carbocycles. The van der Waals surface area contributed by atoms with E-state index in [-0.39, 0.29) is 18.6 Å². The molecule has 6 nitrogen and oxygen atoms in total. The smallest absolute Gasteiger partial charge is 0.253 e. The van der Waals surface area contributed by atoms with Gasteiger partial charge in [0.2, 0.25) is 0 Å². The maximum absolute atomic E-state index is 11.6. The lowest BCUT2D eigenvalue weighted by molar-refractivity contribution is -0.117. The van der Waals surface area contributed by atoms with Gasteiger partial charge in [-0.1, -0.05) is 0 Å². The van der Waals surface area contributed by atoms with E-state index < -0.39 is 16.2 Å². The van der Waals surface area contributed by atoms with Crippen molar-refractivity contribution in [2.24, 2.45) is 5.10 Å². The third kappa shape index (κ3) is 2.77. The lowest BCUT2D eigenvalue weighted by Crippen LogP contribution is -2.20. The molecular formula is C12H12N2O4S. The van der Waals surface area contributed by atoms with Gasteiger partial charge >= 0.3 is 0 Å². The van der Waals surface area contributed by atoms with Crippen LogP contribution in [0, 0.1) is 0 Å². The Balaban J connectivity index is 2.22. The van der Waals surface area contributed by atoms with E-state index in [9.17, 15) is 18.9 Å². The summed E-state index contributed by atoms with van der Waals surface area (Å²) in [4.78, 5) is 22.3. The van der Waals surface area contributed by atoms with Gasteiger partial charge in [0.15, 0.2) is 11.7 Å². The van der Waals surface area contributed by atoms with Crippen LogP contribution in [0.2, 0.25) is 0 Å². The molecule has 1 aromatic carbocycles. The average molecular weight is 280 g/mol. The van der Waals surface area contributed by atoms with Crippen molar-refractivity contribution in [3.63, 3.8) is 0 Å². The highest BCUT2D eigenvalue weighted by molar-refractivity contribution is 7.86. The fraction of sp³-hybridized carbons (Fsp3) is 0.250. The monoisotopic (exact) mass is 280 g/mol. The van der Waals surface area contributed by atoms with Gasteiger partial charge < -0.3 is 5.11 Å². The van der Waals surface area contributed by atoms with Crippen LogP contribution in [0.4, 0.5) is 5.69 Å². The molecule has 2 rings (SSSR count). The second-order valence-electron chi connectivity index (χ2n) is 4.04. The Labute approximate surface area is 112 Å². The van der Waals surface area contributed by atoms with Crippen LogP contribution < -0.4 is 5.01 Å². The van der Waals surface area contributed by atoms with E-state index >= 15 is 0 Å². The quantitative estimate of drug-likeness (QED) is 0.810. The number of aliphatic hydroxyl groups is 1. The van der Waals surface area contributed by atoms with Crippen LogP contribution in [-0.2, 0) is 20.4 Å². The molecule has 1 aliphatic heterocycles. The number of anilines is 1. The van der Waals surface area contributed by atoms with E-state index in [0.29, 0.717) is 10.6 Å². The van der Waals surface area contributed by atoms with Crippen molar-refractivity contribution in [2.75, 3.05) is 5.01 Å². The Morgan fingerprint density at radius 2 is 2.05 bits per heavy atom. The predicted octanol–water partition coefficient (Wildman–Crippen LogP) is 0.424. The van der Waals surface area contributed by atoms with Gasteiger partial charge in [-0.2, -0.15) is 5.10 Å². The number of carbonyl (C=O) groups excluding carboxylic acids is 2. The summed E-state index contributed by atoms with van der Waals surface area (Å²) in [5.74, 6) is -0.126. The van der Waals surface area contributed by atoms with Crippen molar-refractivity contribution in [3.8, 4) is 0 Å². The number of nitrogens with zero attached hydrogens (tertiary/aromatic N) is 2. The van der Waals surface area contributed by atoms with Crippen molar-refractivity contribution in [1.29, 1.82) is 0 Å². The first-order valence-electron chi connectivity index (χ1n) is 5.54. The van der Waals surface area contributed by atoms with Gasteiger partial charge in [0.05, 0.1) is 22.9 Å². The lowest BCUT2D eigenvalue weighted by atomic mass is 10.3. The Hall–Kier alpha value is -1.86. The van der Waals surface area contributed by atoms with Crippen LogP contribution in [0.3, 0.4) is 0 Å². The molecule has 0 bridgehead atoms. The number of amides is 1. The first-order valence-corrected chi connectivity index (χ1v) is 6.75. The molecule has 2 atom stereocenters. The minimum Gasteiger partial charge on any atom is -0.373 e. The molecule has 0 saturated heterocycles. The zero-order chi connectivity index (χ0) is 14.0. The van der Waals surface area contributed by atoms with Crippen LogP contribution in [0.5, 0.6) is 0 Å². The molecule has 1 aliphatic rings. The number of hydrogen-bond acceptors (Lipinski definition) is 5. The van der Waals surface area contributed by atoms with E-state index in [1.165, 1.54) is 17.1 Å². The summed E-state index contributed by atoms with van der Waals surface area (Å²) < 4.78 is 11.6. The van der Waals surface area contributed by atoms with E-state index in [4.69, 9.17) is 0 Å². The topological polar surface area (TPSA) is 87.0 Å².